The van der Waals surface area contributed by atoms with E-state index < -0.39 is 0 Å². The van der Waals surface area contributed by atoms with Gasteiger partial charge in [-0.2, -0.15) is 0 Å². The molecule has 4 rings (SSSR count). The number of pyridine rings is 1. The van der Waals surface area contributed by atoms with Gasteiger partial charge in [-0.1, -0.05) is 0 Å². The predicted molar refractivity (Wildman–Crippen MR) is 92.8 cm³/mol. The molecule has 2 aromatic rings. The van der Waals surface area contributed by atoms with Gasteiger partial charge in [-0.25, -0.2) is 10.9 Å². The molecular formula is C18H21N5O3. The number of amides is 2. The number of hydrogen-bond donors (Lipinski definition) is 2. The molecule has 2 saturated heterocycles. The quantitative estimate of drug-likeness (QED) is 0.836. The molecule has 0 saturated carbocycles. The van der Waals surface area contributed by atoms with Crippen molar-refractivity contribution in [2.45, 2.75) is 18.5 Å². The molecule has 0 spiro atoms. The van der Waals surface area contributed by atoms with Crippen molar-refractivity contribution in [3.05, 3.63) is 54.2 Å². The Hall–Kier alpha value is -2.71. The van der Waals surface area contributed by atoms with E-state index in [4.69, 9.17) is 4.42 Å². The Morgan fingerprint density at radius 2 is 1.77 bits per heavy atom. The molecule has 8 heteroatoms. The van der Waals surface area contributed by atoms with Crippen LogP contribution in [0.1, 0.15) is 28.6 Å². The molecule has 136 valence electrons. The first kappa shape index (κ1) is 16.7. The second-order valence-corrected chi connectivity index (χ2v) is 6.50. The minimum Gasteiger partial charge on any atom is -0.459 e. The summed E-state index contributed by atoms with van der Waals surface area (Å²) in [6.07, 6.45) is 5.68. The maximum atomic E-state index is 12.8. The lowest BCUT2D eigenvalue weighted by atomic mass is 10.0. The van der Waals surface area contributed by atoms with E-state index in [1.807, 2.05) is 17.0 Å². The Morgan fingerprint density at radius 1 is 1.04 bits per heavy atom. The monoisotopic (exact) mass is 355 g/mol. The van der Waals surface area contributed by atoms with Gasteiger partial charge in [0.2, 0.25) is 5.91 Å². The average molecular weight is 355 g/mol. The van der Waals surface area contributed by atoms with E-state index in [9.17, 15) is 9.59 Å². The summed E-state index contributed by atoms with van der Waals surface area (Å²) in [6, 6.07) is 7.09. The SMILES string of the molecule is O=C(c1ccco1)N1CCN(C(=O)C2CC(c3ccncc3)NN2)CC1. The molecular weight excluding hydrogens is 334 g/mol. The number of hydrogen-bond acceptors (Lipinski definition) is 6. The highest BCUT2D eigenvalue weighted by Crippen LogP contribution is 2.23. The highest BCUT2D eigenvalue weighted by molar-refractivity contribution is 5.91. The van der Waals surface area contributed by atoms with Crippen molar-refractivity contribution < 1.29 is 14.0 Å². The molecule has 0 bridgehead atoms. The van der Waals surface area contributed by atoms with E-state index in [1.54, 1.807) is 29.4 Å². The van der Waals surface area contributed by atoms with Crippen LogP contribution in [0.25, 0.3) is 0 Å². The average Bonchev–Trinajstić information content (AvgIpc) is 3.40. The number of aromatic nitrogens is 1. The molecule has 0 radical (unpaired) electrons. The van der Waals surface area contributed by atoms with Crippen LogP contribution in [0.3, 0.4) is 0 Å². The smallest absolute Gasteiger partial charge is 0.289 e. The number of nitrogens with one attached hydrogen (secondary N) is 2. The zero-order valence-electron chi connectivity index (χ0n) is 14.3. The zero-order chi connectivity index (χ0) is 17.9. The second kappa shape index (κ2) is 7.27. The van der Waals surface area contributed by atoms with Gasteiger partial charge < -0.3 is 14.2 Å². The fourth-order valence-electron chi connectivity index (χ4n) is 3.44. The third kappa shape index (κ3) is 3.33. The van der Waals surface area contributed by atoms with Gasteiger partial charge in [0.1, 0.15) is 6.04 Å². The number of carbonyl (C=O) groups excluding carboxylic acids is 2. The van der Waals surface area contributed by atoms with Gasteiger partial charge in [0.05, 0.1) is 6.26 Å². The van der Waals surface area contributed by atoms with Crippen LogP contribution in [0.15, 0.2) is 47.3 Å². The molecule has 8 nitrogen and oxygen atoms in total. The summed E-state index contributed by atoms with van der Waals surface area (Å²) in [6.45, 7) is 2.09. The maximum Gasteiger partial charge on any atom is 0.289 e. The Morgan fingerprint density at radius 3 is 2.46 bits per heavy atom. The molecule has 2 unspecified atom stereocenters. The van der Waals surface area contributed by atoms with Gasteiger partial charge in [-0.05, 0) is 36.2 Å². The first-order valence-corrected chi connectivity index (χ1v) is 8.75. The first-order chi connectivity index (χ1) is 12.7. The maximum absolute atomic E-state index is 12.8. The van der Waals surface area contributed by atoms with Crippen molar-refractivity contribution in [3.8, 4) is 0 Å². The summed E-state index contributed by atoms with van der Waals surface area (Å²) in [7, 11) is 0. The molecule has 0 aromatic carbocycles. The van der Waals surface area contributed by atoms with Crippen molar-refractivity contribution in [2.24, 2.45) is 0 Å². The van der Waals surface area contributed by atoms with Crippen molar-refractivity contribution in [3.63, 3.8) is 0 Å². The molecule has 2 atom stereocenters. The Bertz CT molecular complexity index is 756. The lowest BCUT2D eigenvalue weighted by Gasteiger charge is -2.35. The van der Waals surface area contributed by atoms with Gasteiger partial charge >= 0.3 is 0 Å². The fraction of sp³-hybridized carbons (Fsp3) is 0.389. The van der Waals surface area contributed by atoms with Crippen LogP contribution in [0.4, 0.5) is 0 Å². The lowest BCUT2D eigenvalue weighted by molar-refractivity contribution is -0.134. The van der Waals surface area contributed by atoms with Gasteiger partial charge in [-0.3, -0.25) is 14.6 Å². The van der Waals surface area contributed by atoms with Crippen molar-refractivity contribution in [1.82, 2.24) is 25.6 Å². The fourth-order valence-corrected chi connectivity index (χ4v) is 3.44. The molecule has 2 aromatic heterocycles. The van der Waals surface area contributed by atoms with Gasteiger partial charge in [0.15, 0.2) is 5.76 Å². The summed E-state index contributed by atoms with van der Waals surface area (Å²) in [4.78, 5) is 32.6. The summed E-state index contributed by atoms with van der Waals surface area (Å²) in [5, 5.41) is 0. The Kier molecular flexibility index (Phi) is 4.68. The van der Waals surface area contributed by atoms with Crippen molar-refractivity contribution >= 4 is 11.8 Å². The molecule has 2 amide bonds. The highest BCUT2D eigenvalue weighted by Gasteiger charge is 2.34. The van der Waals surface area contributed by atoms with E-state index in [0.717, 1.165) is 5.56 Å². The van der Waals surface area contributed by atoms with Crippen LogP contribution in [-0.2, 0) is 4.79 Å². The molecule has 2 fully saturated rings. The van der Waals surface area contributed by atoms with Crippen molar-refractivity contribution in [2.75, 3.05) is 26.2 Å². The third-order valence-electron chi connectivity index (χ3n) is 4.92. The van der Waals surface area contributed by atoms with E-state index in [1.165, 1.54) is 6.26 Å². The predicted octanol–water partition coefficient (Wildman–Crippen LogP) is 0.567. The number of hydrazine groups is 1. The van der Waals surface area contributed by atoms with Crippen LogP contribution < -0.4 is 10.9 Å². The van der Waals surface area contributed by atoms with E-state index >= 15 is 0 Å². The van der Waals surface area contributed by atoms with Crippen LogP contribution in [0.2, 0.25) is 0 Å². The third-order valence-corrected chi connectivity index (χ3v) is 4.92. The van der Waals surface area contributed by atoms with Crippen LogP contribution in [-0.4, -0.2) is 58.8 Å². The van der Waals surface area contributed by atoms with E-state index in [-0.39, 0.29) is 23.9 Å². The Balaban J connectivity index is 1.31. The topological polar surface area (TPSA) is 90.7 Å². The van der Waals surface area contributed by atoms with E-state index in [2.05, 4.69) is 15.8 Å². The molecule has 4 heterocycles. The summed E-state index contributed by atoms with van der Waals surface area (Å²) >= 11 is 0. The Labute approximate surface area is 151 Å². The van der Waals surface area contributed by atoms with E-state index in [0.29, 0.717) is 38.4 Å². The number of rotatable bonds is 3. The van der Waals surface area contributed by atoms with Crippen LogP contribution in [0, 0.1) is 0 Å². The number of carbonyl (C=O) groups is 2. The summed E-state index contributed by atoms with van der Waals surface area (Å²) < 4.78 is 5.16. The minimum absolute atomic E-state index is 0.0687. The van der Waals surface area contributed by atoms with Gasteiger partial charge in [0, 0.05) is 44.6 Å². The highest BCUT2D eigenvalue weighted by atomic mass is 16.3. The van der Waals surface area contributed by atoms with Crippen LogP contribution >= 0.6 is 0 Å². The largest absolute Gasteiger partial charge is 0.459 e. The molecule has 0 aliphatic carbocycles. The first-order valence-electron chi connectivity index (χ1n) is 8.75. The van der Waals surface area contributed by atoms with Gasteiger partial charge in [-0.15, -0.1) is 0 Å². The van der Waals surface area contributed by atoms with Crippen LogP contribution in [0.5, 0.6) is 0 Å². The summed E-state index contributed by atoms with van der Waals surface area (Å²) in [5.74, 6) is 0.284. The zero-order valence-corrected chi connectivity index (χ0v) is 14.3. The normalized spacial score (nSPS) is 23.2. The molecule has 2 aliphatic rings. The number of furan rings is 1. The number of piperazine rings is 1. The van der Waals surface area contributed by atoms with Gasteiger partial charge in [0.25, 0.3) is 5.91 Å². The number of nitrogens with zero attached hydrogens (tertiary/aromatic N) is 3. The summed E-state index contributed by atoms with van der Waals surface area (Å²) in [5.41, 5.74) is 7.40. The second-order valence-electron chi connectivity index (χ2n) is 6.50. The standard InChI is InChI=1S/C18H21N5O3/c24-17(15-12-14(20-21-15)13-3-5-19-6-4-13)22-7-9-23(10-8-22)18(25)16-2-1-11-26-16/h1-6,11,14-15,20-21H,7-10,12H2. The molecule has 2 N–H and O–H groups in total. The lowest BCUT2D eigenvalue weighted by Crippen LogP contribution is -2.54. The van der Waals surface area contributed by atoms with Crippen molar-refractivity contribution in [1.29, 1.82) is 0 Å². The molecule has 2 aliphatic heterocycles. The minimum atomic E-state index is -0.263. The molecule has 26 heavy (non-hydrogen) atoms.